The highest BCUT2D eigenvalue weighted by Gasteiger charge is 2.25. The van der Waals surface area contributed by atoms with Crippen molar-refractivity contribution in [3.05, 3.63) is 75.6 Å². The third-order valence-corrected chi connectivity index (χ3v) is 4.43. The Kier molecular flexibility index (Phi) is 5.60. The summed E-state index contributed by atoms with van der Waals surface area (Å²) in [7, 11) is 0. The van der Waals surface area contributed by atoms with Crippen LogP contribution in [0.5, 0.6) is 5.75 Å². The number of carbonyl (C=O) groups is 1. The molecular weight excluding hydrogens is 344 g/mol. The lowest BCUT2D eigenvalue weighted by molar-refractivity contribution is -0.151. The van der Waals surface area contributed by atoms with Crippen LogP contribution in [0, 0.1) is 6.92 Å². The van der Waals surface area contributed by atoms with Crippen LogP contribution in [-0.4, -0.2) is 12.6 Å². The van der Waals surface area contributed by atoms with Crippen LogP contribution in [0.25, 0.3) is 11.0 Å². The summed E-state index contributed by atoms with van der Waals surface area (Å²) in [5.41, 5.74) is 2.36. The first-order valence-corrected chi connectivity index (χ1v) is 8.99. The normalized spacial score (nSPS) is 12.0. The highest BCUT2D eigenvalue weighted by Crippen LogP contribution is 2.32. The van der Waals surface area contributed by atoms with Crippen molar-refractivity contribution >= 4 is 16.9 Å². The third kappa shape index (κ3) is 3.87. The van der Waals surface area contributed by atoms with E-state index in [1.54, 1.807) is 13.0 Å². The molecule has 0 aliphatic heterocycles. The molecule has 0 fully saturated rings. The first-order chi connectivity index (χ1) is 13.0. The van der Waals surface area contributed by atoms with E-state index < -0.39 is 17.7 Å². The number of fused-ring (bicyclic) bond motifs is 1. The van der Waals surface area contributed by atoms with Crippen molar-refractivity contribution in [1.29, 1.82) is 0 Å². The van der Waals surface area contributed by atoms with E-state index in [0.717, 1.165) is 17.4 Å². The molecule has 5 heteroatoms. The Balaban J connectivity index is 2.06. The molecule has 0 saturated heterocycles. The van der Waals surface area contributed by atoms with E-state index in [4.69, 9.17) is 13.9 Å². The van der Waals surface area contributed by atoms with E-state index in [9.17, 15) is 9.59 Å². The van der Waals surface area contributed by atoms with Crippen molar-refractivity contribution in [2.24, 2.45) is 0 Å². The molecule has 0 spiro atoms. The Morgan fingerprint density at radius 1 is 1.11 bits per heavy atom. The van der Waals surface area contributed by atoms with E-state index in [1.165, 1.54) is 6.07 Å². The van der Waals surface area contributed by atoms with E-state index in [0.29, 0.717) is 22.5 Å². The molecule has 27 heavy (non-hydrogen) atoms. The van der Waals surface area contributed by atoms with Gasteiger partial charge in [-0.15, -0.1) is 0 Å². The summed E-state index contributed by atoms with van der Waals surface area (Å²) in [4.78, 5) is 24.3. The topological polar surface area (TPSA) is 65.7 Å². The van der Waals surface area contributed by atoms with Gasteiger partial charge in [0.25, 0.3) is 0 Å². The van der Waals surface area contributed by atoms with Crippen molar-refractivity contribution < 1.29 is 18.7 Å². The quantitative estimate of drug-likeness (QED) is 0.479. The Bertz CT molecular complexity index is 1000. The van der Waals surface area contributed by atoms with Crippen LogP contribution < -0.4 is 10.4 Å². The lowest BCUT2D eigenvalue weighted by Gasteiger charge is -2.20. The summed E-state index contributed by atoms with van der Waals surface area (Å²) in [6.45, 7) is 5.81. The van der Waals surface area contributed by atoms with Crippen LogP contribution >= 0.6 is 0 Å². The molecule has 0 bridgehead atoms. The fourth-order valence-electron chi connectivity index (χ4n) is 3.05. The van der Waals surface area contributed by atoms with Gasteiger partial charge in [0.05, 0.1) is 6.61 Å². The second-order valence-electron chi connectivity index (χ2n) is 6.17. The lowest BCUT2D eigenvalue weighted by Crippen LogP contribution is -2.21. The van der Waals surface area contributed by atoms with E-state index in [2.05, 4.69) is 0 Å². The average molecular weight is 366 g/mol. The third-order valence-electron chi connectivity index (χ3n) is 4.43. The molecule has 3 aromatic rings. The standard InChI is InChI=1S/C22H22O5/c1-4-15-13-19(23)27-20-14(3)18(12-11-17(15)20)26-21(22(24)25-5-2)16-9-7-6-8-10-16/h6-13,21H,4-5H2,1-3H3. The zero-order chi connectivity index (χ0) is 19.4. The van der Waals surface area contributed by atoms with Crippen LogP contribution in [-0.2, 0) is 16.0 Å². The van der Waals surface area contributed by atoms with Crippen molar-refractivity contribution in [2.45, 2.75) is 33.3 Å². The molecule has 1 aromatic heterocycles. The number of aryl methyl sites for hydroxylation is 2. The fraction of sp³-hybridized carbons (Fsp3) is 0.273. The van der Waals surface area contributed by atoms with Gasteiger partial charge in [0.2, 0.25) is 6.10 Å². The van der Waals surface area contributed by atoms with Crippen molar-refractivity contribution in [3.8, 4) is 5.75 Å². The average Bonchev–Trinajstić information content (AvgIpc) is 2.68. The Hall–Kier alpha value is -3.08. The van der Waals surface area contributed by atoms with Gasteiger partial charge in [0.1, 0.15) is 11.3 Å². The van der Waals surface area contributed by atoms with Gasteiger partial charge in [-0.25, -0.2) is 9.59 Å². The summed E-state index contributed by atoms with van der Waals surface area (Å²) in [6.07, 6.45) is -0.180. The number of carbonyl (C=O) groups excluding carboxylic acids is 1. The van der Waals surface area contributed by atoms with Gasteiger partial charge in [-0.05, 0) is 38.0 Å². The highest BCUT2D eigenvalue weighted by atomic mass is 16.6. The lowest BCUT2D eigenvalue weighted by atomic mass is 10.0. The van der Waals surface area contributed by atoms with Gasteiger partial charge in [-0.3, -0.25) is 0 Å². The Morgan fingerprint density at radius 2 is 1.85 bits per heavy atom. The molecule has 2 aromatic carbocycles. The monoisotopic (exact) mass is 366 g/mol. The minimum Gasteiger partial charge on any atom is -0.474 e. The molecule has 0 radical (unpaired) electrons. The second-order valence-corrected chi connectivity index (χ2v) is 6.17. The van der Waals surface area contributed by atoms with Gasteiger partial charge in [-0.2, -0.15) is 0 Å². The van der Waals surface area contributed by atoms with Gasteiger partial charge in [-0.1, -0.05) is 37.3 Å². The first kappa shape index (κ1) is 18.7. The molecule has 0 saturated carbocycles. The molecule has 1 atom stereocenters. The Morgan fingerprint density at radius 3 is 2.52 bits per heavy atom. The first-order valence-electron chi connectivity index (χ1n) is 8.99. The maximum atomic E-state index is 12.5. The van der Waals surface area contributed by atoms with Crippen molar-refractivity contribution in [2.75, 3.05) is 6.61 Å². The summed E-state index contributed by atoms with van der Waals surface area (Å²) < 4.78 is 16.6. The van der Waals surface area contributed by atoms with Gasteiger partial charge in [0, 0.05) is 22.6 Å². The minimum absolute atomic E-state index is 0.261. The molecule has 0 amide bonds. The summed E-state index contributed by atoms with van der Waals surface area (Å²) in [5.74, 6) is 0.00719. The zero-order valence-electron chi connectivity index (χ0n) is 15.7. The smallest absolute Gasteiger partial charge is 0.352 e. The van der Waals surface area contributed by atoms with Gasteiger partial charge >= 0.3 is 11.6 Å². The van der Waals surface area contributed by atoms with Crippen LogP contribution in [0.3, 0.4) is 0 Å². The maximum Gasteiger partial charge on any atom is 0.352 e. The minimum atomic E-state index is -0.900. The predicted octanol–water partition coefficient (Wildman–Crippen LogP) is 4.35. The Labute approximate surface area is 157 Å². The molecule has 3 rings (SSSR count). The molecule has 0 aliphatic carbocycles. The molecule has 1 unspecified atom stereocenters. The maximum absolute atomic E-state index is 12.5. The highest BCUT2D eigenvalue weighted by molar-refractivity contribution is 5.85. The second kappa shape index (κ2) is 8.08. The summed E-state index contributed by atoms with van der Waals surface area (Å²) in [5, 5.41) is 0.870. The van der Waals surface area contributed by atoms with Gasteiger partial charge in [0.15, 0.2) is 0 Å². The number of hydrogen-bond donors (Lipinski definition) is 0. The SMILES string of the molecule is CCOC(=O)C(Oc1ccc2c(CC)cc(=O)oc2c1C)c1ccccc1. The molecule has 140 valence electrons. The number of benzene rings is 2. The molecule has 0 N–H and O–H groups in total. The molecule has 5 nitrogen and oxygen atoms in total. The number of hydrogen-bond acceptors (Lipinski definition) is 5. The number of ether oxygens (including phenoxy) is 2. The molecule has 1 heterocycles. The number of rotatable bonds is 6. The fourth-order valence-corrected chi connectivity index (χ4v) is 3.05. The van der Waals surface area contributed by atoms with E-state index >= 15 is 0 Å². The summed E-state index contributed by atoms with van der Waals surface area (Å²) in [6, 6.07) is 14.3. The van der Waals surface area contributed by atoms with Crippen LogP contribution in [0.15, 0.2) is 57.7 Å². The molecular formula is C22H22O5. The van der Waals surface area contributed by atoms with E-state index in [1.807, 2.05) is 50.2 Å². The van der Waals surface area contributed by atoms with Crippen molar-refractivity contribution in [1.82, 2.24) is 0 Å². The molecule has 0 aliphatic rings. The number of esters is 1. The van der Waals surface area contributed by atoms with E-state index in [-0.39, 0.29) is 6.61 Å². The largest absolute Gasteiger partial charge is 0.474 e. The van der Waals surface area contributed by atoms with Crippen LogP contribution in [0.1, 0.15) is 36.6 Å². The van der Waals surface area contributed by atoms with Crippen LogP contribution in [0.2, 0.25) is 0 Å². The van der Waals surface area contributed by atoms with Crippen molar-refractivity contribution in [3.63, 3.8) is 0 Å². The van der Waals surface area contributed by atoms with Crippen LogP contribution in [0.4, 0.5) is 0 Å². The van der Waals surface area contributed by atoms with Gasteiger partial charge < -0.3 is 13.9 Å². The summed E-state index contributed by atoms with van der Waals surface area (Å²) >= 11 is 0. The zero-order valence-corrected chi connectivity index (χ0v) is 15.7. The predicted molar refractivity (Wildman–Crippen MR) is 103 cm³/mol.